The molecule has 1 unspecified atom stereocenters. The number of methoxy groups -OCH3 is 1. The van der Waals surface area contributed by atoms with E-state index in [0.717, 1.165) is 22.6 Å². The average molecular weight is 465 g/mol. The number of ether oxygens (including phenoxy) is 1. The summed E-state index contributed by atoms with van der Waals surface area (Å²) >= 11 is 0. The SMILES string of the molecule is COc1ccc(CN(Cc2ccc(C(=O)Nc3ccccc3)cc2)C2CCS(=O)(=O)C2)cc1. The lowest BCUT2D eigenvalue weighted by atomic mass is 10.1. The zero-order valence-corrected chi connectivity index (χ0v) is 19.4. The van der Waals surface area contributed by atoms with E-state index in [1.54, 1.807) is 7.11 Å². The van der Waals surface area contributed by atoms with Crippen LogP contribution in [0.3, 0.4) is 0 Å². The number of amides is 1. The van der Waals surface area contributed by atoms with Gasteiger partial charge in [-0.1, -0.05) is 42.5 Å². The van der Waals surface area contributed by atoms with E-state index < -0.39 is 9.84 Å². The van der Waals surface area contributed by atoms with Gasteiger partial charge in [-0.15, -0.1) is 0 Å². The molecule has 0 aliphatic carbocycles. The number of rotatable bonds is 8. The molecule has 0 spiro atoms. The number of anilines is 1. The summed E-state index contributed by atoms with van der Waals surface area (Å²) in [7, 11) is -1.36. The number of nitrogens with zero attached hydrogens (tertiary/aromatic N) is 1. The van der Waals surface area contributed by atoms with Gasteiger partial charge in [0.2, 0.25) is 0 Å². The lowest BCUT2D eigenvalue weighted by Gasteiger charge is -2.28. The van der Waals surface area contributed by atoms with Crippen molar-refractivity contribution >= 4 is 21.4 Å². The zero-order chi connectivity index (χ0) is 23.3. The molecule has 1 atom stereocenters. The Hall–Kier alpha value is -3.16. The van der Waals surface area contributed by atoms with Crippen LogP contribution in [0.15, 0.2) is 78.9 Å². The summed E-state index contributed by atoms with van der Waals surface area (Å²) < 4.78 is 29.5. The fraction of sp³-hybridized carbons (Fsp3) is 0.269. The van der Waals surface area contributed by atoms with Crippen molar-refractivity contribution in [2.45, 2.75) is 25.6 Å². The molecule has 0 bridgehead atoms. The summed E-state index contributed by atoms with van der Waals surface area (Å²) in [5.74, 6) is 1.04. The van der Waals surface area contributed by atoms with Crippen molar-refractivity contribution in [2.24, 2.45) is 0 Å². The Balaban J connectivity index is 1.47. The van der Waals surface area contributed by atoms with Crippen LogP contribution in [-0.4, -0.2) is 43.9 Å². The molecule has 1 heterocycles. The van der Waals surface area contributed by atoms with Crippen LogP contribution in [0.25, 0.3) is 0 Å². The van der Waals surface area contributed by atoms with Gasteiger partial charge in [0.15, 0.2) is 9.84 Å². The molecule has 7 heteroatoms. The van der Waals surface area contributed by atoms with E-state index in [4.69, 9.17) is 4.74 Å². The molecule has 1 fully saturated rings. The standard InChI is InChI=1S/C26H28N2O4S/c1-32-25-13-9-21(10-14-25)18-28(24-15-16-33(30,31)19-24)17-20-7-11-22(12-8-20)26(29)27-23-5-3-2-4-6-23/h2-14,24H,15-19H2,1H3,(H,27,29). The number of hydrogen-bond acceptors (Lipinski definition) is 5. The summed E-state index contributed by atoms with van der Waals surface area (Å²) in [6.45, 7) is 1.24. The highest BCUT2D eigenvalue weighted by Crippen LogP contribution is 2.23. The van der Waals surface area contributed by atoms with Crippen LogP contribution >= 0.6 is 0 Å². The number of para-hydroxylation sites is 1. The molecule has 1 aliphatic rings. The Morgan fingerprint density at radius 3 is 2.09 bits per heavy atom. The van der Waals surface area contributed by atoms with E-state index in [0.29, 0.717) is 25.1 Å². The van der Waals surface area contributed by atoms with E-state index in [2.05, 4.69) is 10.2 Å². The topological polar surface area (TPSA) is 75.7 Å². The van der Waals surface area contributed by atoms with Gasteiger partial charge in [-0.05, 0) is 53.9 Å². The van der Waals surface area contributed by atoms with E-state index in [-0.39, 0.29) is 23.5 Å². The molecule has 4 rings (SSSR count). The third-order valence-electron chi connectivity index (χ3n) is 5.90. The Labute approximate surface area is 195 Å². The highest BCUT2D eigenvalue weighted by atomic mass is 32.2. The summed E-state index contributed by atoms with van der Waals surface area (Å²) in [6.07, 6.45) is 0.635. The fourth-order valence-electron chi connectivity index (χ4n) is 4.06. The molecule has 3 aromatic carbocycles. The zero-order valence-electron chi connectivity index (χ0n) is 18.6. The first-order valence-corrected chi connectivity index (χ1v) is 12.8. The average Bonchev–Trinajstić information content (AvgIpc) is 3.20. The second-order valence-corrected chi connectivity index (χ2v) is 10.6. The monoisotopic (exact) mass is 464 g/mol. The first-order valence-electron chi connectivity index (χ1n) is 10.9. The summed E-state index contributed by atoms with van der Waals surface area (Å²) in [5, 5.41) is 2.89. The molecule has 1 amide bonds. The first kappa shape index (κ1) is 23.0. The normalized spacial score (nSPS) is 17.1. The van der Waals surface area contributed by atoms with Crippen LogP contribution in [0, 0.1) is 0 Å². The van der Waals surface area contributed by atoms with Gasteiger partial charge in [-0.2, -0.15) is 0 Å². The third kappa shape index (κ3) is 6.21. The van der Waals surface area contributed by atoms with Gasteiger partial charge in [0.1, 0.15) is 5.75 Å². The minimum absolute atomic E-state index is 0.0295. The number of sulfone groups is 1. The predicted octanol–water partition coefficient (Wildman–Crippen LogP) is 4.14. The van der Waals surface area contributed by atoms with Crippen LogP contribution in [0.1, 0.15) is 27.9 Å². The van der Waals surface area contributed by atoms with Crippen molar-refractivity contribution < 1.29 is 17.9 Å². The van der Waals surface area contributed by atoms with Crippen LogP contribution in [0.4, 0.5) is 5.69 Å². The van der Waals surface area contributed by atoms with Crippen molar-refractivity contribution in [3.05, 3.63) is 95.6 Å². The maximum absolute atomic E-state index is 12.5. The highest BCUT2D eigenvalue weighted by Gasteiger charge is 2.32. The molecule has 172 valence electrons. The van der Waals surface area contributed by atoms with E-state index in [9.17, 15) is 13.2 Å². The Morgan fingerprint density at radius 2 is 1.55 bits per heavy atom. The van der Waals surface area contributed by atoms with Crippen molar-refractivity contribution in [1.29, 1.82) is 0 Å². The van der Waals surface area contributed by atoms with Crippen LogP contribution in [-0.2, 0) is 22.9 Å². The molecule has 3 aromatic rings. The van der Waals surface area contributed by atoms with Gasteiger partial charge in [0, 0.05) is 30.4 Å². The Bertz CT molecular complexity index is 1180. The number of carbonyl (C=O) groups excluding carboxylic acids is 1. The second-order valence-electron chi connectivity index (χ2n) is 8.33. The summed E-state index contributed by atoms with van der Waals surface area (Å²) in [4.78, 5) is 14.7. The molecule has 33 heavy (non-hydrogen) atoms. The Morgan fingerprint density at radius 1 is 0.939 bits per heavy atom. The minimum atomic E-state index is -3.00. The van der Waals surface area contributed by atoms with E-state index in [1.165, 1.54) is 0 Å². The third-order valence-corrected chi connectivity index (χ3v) is 7.65. The summed E-state index contributed by atoms with van der Waals surface area (Å²) in [6, 6.07) is 24.6. The van der Waals surface area contributed by atoms with Gasteiger partial charge in [-0.25, -0.2) is 8.42 Å². The molecule has 0 saturated carbocycles. The molecule has 0 radical (unpaired) electrons. The van der Waals surface area contributed by atoms with E-state index >= 15 is 0 Å². The molecular formula is C26H28N2O4S. The smallest absolute Gasteiger partial charge is 0.255 e. The Kier molecular flexibility index (Phi) is 7.11. The maximum Gasteiger partial charge on any atom is 0.255 e. The van der Waals surface area contributed by atoms with E-state index in [1.807, 2.05) is 78.9 Å². The van der Waals surface area contributed by atoms with Crippen molar-refractivity contribution in [3.63, 3.8) is 0 Å². The lowest BCUT2D eigenvalue weighted by molar-refractivity contribution is 0.102. The minimum Gasteiger partial charge on any atom is -0.497 e. The highest BCUT2D eigenvalue weighted by molar-refractivity contribution is 7.91. The second kappa shape index (κ2) is 10.2. The lowest BCUT2D eigenvalue weighted by Crippen LogP contribution is -2.35. The molecule has 1 N–H and O–H groups in total. The molecule has 1 saturated heterocycles. The number of nitrogens with one attached hydrogen (secondary N) is 1. The van der Waals surface area contributed by atoms with Gasteiger partial charge in [0.25, 0.3) is 5.91 Å². The van der Waals surface area contributed by atoms with Gasteiger partial charge in [0.05, 0.1) is 18.6 Å². The predicted molar refractivity (Wildman–Crippen MR) is 130 cm³/mol. The van der Waals surface area contributed by atoms with Crippen LogP contribution < -0.4 is 10.1 Å². The first-order chi connectivity index (χ1) is 15.9. The number of carbonyl (C=O) groups is 1. The fourth-order valence-corrected chi connectivity index (χ4v) is 5.83. The van der Waals surface area contributed by atoms with Gasteiger partial charge >= 0.3 is 0 Å². The molecule has 0 aromatic heterocycles. The number of benzene rings is 3. The summed E-state index contributed by atoms with van der Waals surface area (Å²) in [5.41, 5.74) is 3.45. The van der Waals surface area contributed by atoms with Gasteiger partial charge in [-0.3, -0.25) is 9.69 Å². The quantitative estimate of drug-likeness (QED) is 0.542. The van der Waals surface area contributed by atoms with Crippen molar-refractivity contribution in [1.82, 2.24) is 4.90 Å². The van der Waals surface area contributed by atoms with Crippen LogP contribution in [0.2, 0.25) is 0 Å². The van der Waals surface area contributed by atoms with Crippen molar-refractivity contribution in [2.75, 3.05) is 23.9 Å². The molecule has 6 nitrogen and oxygen atoms in total. The largest absolute Gasteiger partial charge is 0.497 e. The van der Waals surface area contributed by atoms with Crippen LogP contribution in [0.5, 0.6) is 5.75 Å². The number of hydrogen-bond donors (Lipinski definition) is 1. The maximum atomic E-state index is 12.5. The van der Waals surface area contributed by atoms with Gasteiger partial charge < -0.3 is 10.1 Å². The van der Waals surface area contributed by atoms with Crippen molar-refractivity contribution in [3.8, 4) is 5.75 Å². The molecule has 1 aliphatic heterocycles. The molecular weight excluding hydrogens is 436 g/mol.